The Balaban J connectivity index is 1.95. The van der Waals surface area contributed by atoms with Crippen LogP contribution in [0, 0.1) is 0 Å². The summed E-state index contributed by atoms with van der Waals surface area (Å²) in [7, 11) is 0. The van der Waals surface area contributed by atoms with Gasteiger partial charge in [-0.3, -0.25) is 20.4 Å². The predicted molar refractivity (Wildman–Crippen MR) is 103 cm³/mol. The largest absolute Gasteiger partial charge is 0.493 e. The third-order valence-corrected chi connectivity index (χ3v) is 4.84. The standard InChI is InChI=1S/C18H21BrN2O3S/c1-2-3-4-5-10-24-15-9-8-13(19)12-14(15)17(22)20-21-18(23)16-7-6-11-25-16/h6-9,11-12H,2-5,10H2,1H3,(H,20,22)(H,21,23). The number of unbranched alkanes of at least 4 members (excludes halogenated alkanes) is 3. The summed E-state index contributed by atoms with van der Waals surface area (Å²) >= 11 is 4.66. The summed E-state index contributed by atoms with van der Waals surface area (Å²) in [6.45, 7) is 2.71. The summed E-state index contributed by atoms with van der Waals surface area (Å²) in [4.78, 5) is 24.8. The number of nitrogens with one attached hydrogen (secondary N) is 2. The van der Waals surface area contributed by atoms with Crippen molar-refractivity contribution in [3.8, 4) is 5.75 Å². The molecule has 1 heterocycles. The fourth-order valence-corrected chi connectivity index (χ4v) is 3.15. The number of hydrogen-bond donors (Lipinski definition) is 2. The van der Waals surface area contributed by atoms with E-state index in [0.29, 0.717) is 22.8 Å². The van der Waals surface area contributed by atoms with Crippen molar-refractivity contribution in [2.24, 2.45) is 0 Å². The van der Waals surface area contributed by atoms with Crippen LogP contribution in [0.2, 0.25) is 0 Å². The van der Waals surface area contributed by atoms with E-state index in [1.54, 1.807) is 29.6 Å². The van der Waals surface area contributed by atoms with Crippen LogP contribution in [0.4, 0.5) is 0 Å². The molecule has 7 heteroatoms. The molecule has 1 aromatic heterocycles. The van der Waals surface area contributed by atoms with Gasteiger partial charge in [-0.25, -0.2) is 0 Å². The number of amides is 2. The fourth-order valence-electron chi connectivity index (χ4n) is 2.17. The van der Waals surface area contributed by atoms with Gasteiger partial charge in [-0.05, 0) is 36.1 Å². The monoisotopic (exact) mass is 424 g/mol. The summed E-state index contributed by atoms with van der Waals surface area (Å²) in [5.74, 6) is -0.266. The Hall–Kier alpha value is -1.86. The van der Waals surface area contributed by atoms with Gasteiger partial charge in [0.05, 0.1) is 17.0 Å². The zero-order valence-corrected chi connectivity index (χ0v) is 16.4. The smallest absolute Gasteiger partial charge is 0.279 e. The summed E-state index contributed by atoms with van der Waals surface area (Å²) < 4.78 is 6.51. The van der Waals surface area contributed by atoms with Gasteiger partial charge in [0.15, 0.2) is 0 Å². The molecule has 0 fully saturated rings. The highest BCUT2D eigenvalue weighted by molar-refractivity contribution is 9.10. The van der Waals surface area contributed by atoms with Crippen LogP contribution in [-0.4, -0.2) is 18.4 Å². The molecule has 2 amide bonds. The Morgan fingerprint density at radius 1 is 1.12 bits per heavy atom. The number of halogens is 1. The molecule has 0 radical (unpaired) electrons. The van der Waals surface area contributed by atoms with E-state index in [1.165, 1.54) is 17.8 Å². The Morgan fingerprint density at radius 3 is 2.64 bits per heavy atom. The zero-order valence-electron chi connectivity index (χ0n) is 14.0. The lowest BCUT2D eigenvalue weighted by Gasteiger charge is -2.12. The van der Waals surface area contributed by atoms with Crippen molar-refractivity contribution < 1.29 is 14.3 Å². The van der Waals surface area contributed by atoms with Crippen molar-refractivity contribution in [2.45, 2.75) is 32.6 Å². The second-order valence-electron chi connectivity index (χ2n) is 5.44. The lowest BCUT2D eigenvalue weighted by molar-refractivity contribution is 0.0846. The van der Waals surface area contributed by atoms with Crippen LogP contribution in [0.5, 0.6) is 5.75 Å². The van der Waals surface area contributed by atoms with Gasteiger partial charge in [-0.15, -0.1) is 11.3 Å². The van der Waals surface area contributed by atoms with Gasteiger partial charge < -0.3 is 4.74 Å². The highest BCUT2D eigenvalue weighted by Crippen LogP contribution is 2.23. The molecule has 0 aliphatic carbocycles. The maximum absolute atomic E-state index is 12.4. The van der Waals surface area contributed by atoms with Crippen molar-refractivity contribution in [3.63, 3.8) is 0 Å². The van der Waals surface area contributed by atoms with Gasteiger partial charge in [0.2, 0.25) is 0 Å². The Labute approximate surface area is 159 Å². The van der Waals surface area contributed by atoms with E-state index >= 15 is 0 Å². The molecule has 0 spiro atoms. The van der Waals surface area contributed by atoms with Gasteiger partial charge in [0, 0.05) is 4.47 Å². The topological polar surface area (TPSA) is 67.4 Å². The second-order valence-corrected chi connectivity index (χ2v) is 7.30. The molecule has 0 aliphatic rings. The lowest BCUT2D eigenvalue weighted by atomic mass is 10.2. The molecular formula is C18H21BrN2O3S. The molecule has 0 saturated heterocycles. The van der Waals surface area contributed by atoms with E-state index in [2.05, 4.69) is 33.7 Å². The molecule has 25 heavy (non-hydrogen) atoms. The van der Waals surface area contributed by atoms with Crippen LogP contribution in [-0.2, 0) is 0 Å². The third-order valence-electron chi connectivity index (χ3n) is 3.48. The minimum absolute atomic E-state index is 0.347. The van der Waals surface area contributed by atoms with E-state index in [0.717, 1.165) is 23.7 Å². The normalized spacial score (nSPS) is 10.3. The van der Waals surface area contributed by atoms with Crippen LogP contribution in [0.1, 0.15) is 52.6 Å². The van der Waals surface area contributed by atoms with E-state index in [-0.39, 0.29) is 5.91 Å². The van der Waals surface area contributed by atoms with Crippen molar-refractivity contribution in [2.75, 3.05) is 6.61 Å². The maximum Gasteiger partial charge on any atom is 0.279 e. The number of benzene rings is 1. The van der Waals surface area contributed by atoms with Crippen molar-refractivity contribution >= 4 is 39.1 Å². The average molecular weight is 425 g/mol. The Morgan fingerprint density at radius 2 is 1.92 bits per heavy atom. The van der Waals surface area contributed by atoms with Crippen LogP contribution < -0.4 is 15.6 Å². The molecule has 5 nitrogen and oxygen atoms in total. The maximum atomic E-state index is 12.4. The van der Waals surface area contributed by atoms with Crippen LogP contribution in [0.25, 0.3) is 0 Å². The Kier molecular flexibility index (Phi) is 7.94. The molecule has 1 aromatic carbocycles. The number of rotatable bonds is 8. The van der Waals surface area contributed by atoms with Gasteiger partial charge >= 0.3 is 0 Å². The summed E-state index contributed by atoms with van der Waals surface area (Å²) in [5, 5.41) is 1.80. The summed E-state index contributed by atoms with van der Waals surface area (Å²) in [6, 6.07) is 8.71. The second kappa shape index (κ2) is 10.2. The third kappa shape index (κ3) is 6.17. The summed E-state index contributed by atoms with van der Waals surface area (Å²) in [5.41, 5.74) is 5.22. The van der Waals surface area contributed by atoms with Crippen LogP contribution >= 0.6 is 27.3 Å². The van der Waals surface area contributed by atoms with E-state index in [4.69, 9.17) is 4.74 Å². The number of ether oxygens (including phenoxy) is 1. The highest BCUT2D eigenvalue weighted by atomic mass is 79.9. The molecule has 2 rings (SSSR count). The quantitative estimate of drug-likeness (QED) is 0.482. The van der Waals surface area contributed by atoms with Crippen LogP contribution in [0.15, 0.2) is 40.2 Å². The molecule has 0 bridgehead atoms. The van der Waals surface area contributed by atoms with Gasteiger partial charge in [0.25, 0.3) is 11.8 Å². The molecular weight excluding hydrogens is 404 g/mol. The number of carbonyl (C=O) groups excluding carboxylic acids is 2. The number of thiophene rings is 1. The SMILES string of the molecule is CCCCCCOc1ccc(Br)cc1C(=O)NNC(=O)c1cccs1. The minimum atomic E-state index is -0.422. The van der Waals surface area contributed by atoms with E-state index < -0.39 is 5.91 Å². The molecule has 0 unspecified atom stereocenters. The molecule has 0 atom stereocenters. The van der Waals surface area contributed by atoms with Crippen molar-refractivity contribution in [3.05, 3.63) is 50.6 Å². The van der Waals surface area contributed by atoms with E-state index in [9.17, 15) is 9.59 Å². The molecule has 0 aliphatic heterocycles. The molecule has 2 N–H and O–H groups in total. The number of hydrazine groups is 1. The van der Waals surface area contributed by atoms with Crippen molar-refractivity contribution in [1.82, 2.24) is 10.9 Å². The first-order valence-corrected chi connectivity index (χ1v) is 9.85. The van der Waals surface area contributed by atoms with E-state index in [1.807, 2.05) is 6.07 Å². The number of hydrogen-bond acceptors (Lipinski definition) is 4. The van der Waals surface area contributed by atoms with Crippen molar-refractivity contribution in [1.29, 1.82) is 0 Å². The highest BCUT2D eigenvalue weighted by Gasteiger charge is 2.15. The van der Waals surface area contributed by atoms with Crippen LogP contribution in [0.3, 0.4) is 0 Å². The minimum Gasteiger partial charge on any atom is -0.493 e. The van der Waals surface area contributed by atoms with Gasteiger partial charge in [-0.2, -0.15) is 0 Å². The summed E-state index contributed by atoms with van der Waals surface area (Å²) in [6.07, 6.45) is 4.38. The average Bonchev–Trinajstić information content (AvgIpc) is 3.15. The zero-order chi connectivity index (χ0) is 18.1. The number of carbonyl (C=O) groups is 2. The molecule has 134 valence electrons. The first kappa shape index (κ1) is 19.5. The molecule has 2 aromatic rings. The Bertz CT molecular complexity index is 704. The van der Waals surface area contributed by atoms with Gasteiger partial charge in [0.1, 0.15) is 5.75 Å². The first-order chi connectivity index (χ1) is 12.1. The fraction of sp³-hybridized carbons (Fsp3) is 0.333. The lowest BCUT2D eigenvalue weighted by Crippen LogP contribution is -2.41. The first-order valence-electron chi connectivity index (χ1n) is 8.18. The predicted octanol–water partition coefficient (Wildman–Crippen LogP) is 4.54. The molecule has 0 saturated carbocycles. The van der Waals surface area contributed by atoms with Gasteiger partial charge in [-0.1, -0.05) is 48.2 Å².